The van der Waals surface area contributed by atoms with Crippen molar-refractivity contribution in [3.63, 3.8) is 0 Å². The Morgan fingerprint density at radius 1 is 0.895 bits per heavy atom. The number of benzene rings is 1. The van der Waals surface area contributed by atoms with E-state index in [0.29, 0.717) is 12.2 Å². The first-order valence-corrected chi connectivity index (χ1v) is 12.6. The number of rotatable bonds is 12. The number of methoxy groups -OCH3 is 1. The average Bonchev–Trinajstić information content (AvgIpc) is 3.36. The molecule has 0 aliphatic rings. The van der Waals surface area contributed by atoms with E-state index in [1.54, 1.807) is 64.3 Å². The van der Waals surface area contributed by atoms with E-state index in [4.69, 9.17) is 13.9 Å². The normalized spacial score (nSPS) is 13.7. The zero-order valence-electron chi connectivity index (χ0n) is 23.1. The smallest absolute Gasteiger partial charge is 0.408 e. The first kappa shape index (κ1) is 30.4. The minimum Gasteiger partial charge on any atom is -0.497 e. The number of alkyl carbamates (subject to hydrolysis) is 1. The van der Waals surface area contributed by atoms with Gasteiger partial charge in [-0.1, -0.05) is 26.0 Å². The van der Waals surface area contributed by atoms with Crippen LogP contribution in [0, 0.1) is 5.92 Å². The molecular weight excluding hydrogens is 490 g/mol. The molecule has 0 saturated heterocycles. The van der Waals surface area contributed by atoms with Gasteiger partial charge in [-0.2, -0.15) is 0 Å². The third kappa shape index (κ3) is 9.91. The Morgan fingerprint density at radius 2 is 1.55 bits per heavy atom. The summed E-state index contributed by atoms with van der Waals surface area (Å²) in [5, 5.41) is 7.96. The third-order valence-corrected chi connectivity index (χ3v) is 5.46. The number of carbonyl (C=O) groups is 4. The summed E-state index contributed by atoms with van der Waals surface area (Å²) in [6.45, 7) is 10.5. The molecule has 38 heavy (non-hydrogen) atoms. The van der Waals surface area contributed by atoms with Crippen molar-refractivity contribution >= 4 is 23.7 Å². The van der Waals surface area contributed by atoms with Crippen LogP contribution in [0.25, 0.3) is 0 Å². The van der Waals surface area contributed by atoms with E-state index < -0.39 is 41.6 Å². The second-order valence-electron chi connectivity index (χ2n) is 10.5. The molecule has 10 heteroatoms. The van der Waals surface area contributed by atoms with Gasteiger partial charge in [0.1, 0.15) is 23.4 Å². The predicted octanol–water partition coefficient (Wildman–Crippen LogP) is 3.64. The van der Waals surface area contributed by atoms with Crippen LogP contribution in [-0.2, 0) is 20.7 Å². The van der Waals surface area contributed by atoms with Crippen molar-refractivity contribution in [1.29, 1.82) is 0 Å². The van der Waals surface area contributed by atoms with Crippen molar-refractivity contribution in [1.82, 2.24) is 16.0 Å². The highest BCUT2D eigenvalue weighted by atomic mass is 16.6. The van der Waals surface area contributed by atoms with E-state index >= 15 is 0 Å². The monoisotopic (exact) mass is 529 g/mol. The third-order valence-electron chi connectivity index (χ3n) is 5.46. The molecule has 3 N–H and O–H groups in total. The summed E-state index contributed by atoms with van der Waals surface area (Å²) in [6.07, 6.45) is 1.18. The lowest BCUT2D eigenvalue weighted by Gasteiger charge is -2.25. The van der Waals surface area contributed by atoms with Gasteiger partial charge in [0.15, 0.2) is 5.76 Å². The Bertz CT molecular complexity index is 1070. The van der Waals surface area contributed by atoms with Gasteiger partial charge in [-0.3, -0.25) is 14.4 Å². The molecule has 1 aromatic heterocycles. The Labute approximate surface area is 223 Å². The van der Waals surface area contributed by atoms with Crippen LogP contribution in [-0.4, -0.2) is 54.5 Å². The van der Waals surface area contributed by atoms with Crippen LogP contribution in [0.3, 0.4) is 0 Å². The van der Waals surface area contributed by atoms with Crippen molar-refractivity contribution < 1.29 is 33.1 Å². The van der Waals surface area contributed by atoms with Crippen LogP contribution in [0.5, 0.6) is 5.75 Å². The Hall–Kier alpha value is -3.82. The molecule has 1 heterocycles. The van der Waals surface area contributed by atoms with Crippen LogP contribution in [0.15, 0.2) is 47.1 Å². The molecule has 3 unspecified atom stereocenters. The van der Waals surface area contributed by atoms with Gasteiger partial charge in [0.2, 0.25) is 17.6 Å². The minimum atomic E-state index is -1.02. The maximum absolute atomic E-state index is 13.2. The highest BCUT2D eigenvalue weighted by Crippen LogP contribution is 2.15. The molecule has 0 radical (unpaired) electrons. The summed E-state index contributed by atoms with van der Waals surface area (Å²) < 4.78 is 15.7. The van der Waals surface area contributed by atoms with Crippen molar-refractivity contribution in [2.24, 2.45) is 5.92 Å². The first-order chi connectivity index (χ1) is 17.8. The number of amides is 3. The van der Waals surface area contributed by atoms with Gasteiger partial charge in [-0.15, -0.1) is 0 Å². The van der Waals surface area contributed by atoms with Gasteiger partial charge in [0, 0.05) is 6.42 Å². The summed E-state index contributed by atoms with van der Waals surface area (Å²) >= 11 is 0. The SMILES string of the molecule is COc1ccc(CC(NC(=O)OC(C)(C)C)C(=O)NC(C)C(=O)NC(CC(C)C)C(=O)c2ccco2)cc1. The Morgan fingerprint density at radius 3 is 2.08 bits per heavy atom. The topological polar surface area (TPSA) is 136 Å². The van der Waals surface area contributed by atoms with Crippen LogP contribution in [0.1, 0.15) is 64.1 Å². The first-order valence-electron chi connectivity index (χ1n) is 12.6. The number of furan rings is 1. The Kier molecular flexibility index (Phi) is 10.9. The lowest BCUT2D eigenvalue weighted by molar-refractivity contribution is -0.129. The van der Waals surface area contributed by atoms with Gasteiger partial charge in [0.25, 0.3) is 0 Å². The van der Waals surface area contributed by atoms with E-state index in [-0.39, 0.29) is 23.9 Å². The molecule has 3 amide bonds. The van der Waals surface area contributed by atoms with Gasteiger partial charge < -0.3 is 29.8 Å². The molecule has 0 aliphatic carbocycles. The second kappa shape index (κ2) is 13.6. The predicted molar refractivity (Wildman–Crippen MR) is 142 cm³/mol. The van der Waals surface area contributed by atoms with E-state index in [1.807, 2.05) is 13.8 Å². The van der Waals surface area contributed by atoms with Crippen molar-refractivity contribution in [2.45, 2.75) is 78.1 Å². The number of ketones is 1. The molecule has 0 spiro atoms. The number of hydrogen-bond donors (Lipinski definition) is 3. The highest BCUT2D eigenvalue weighted by Gasteiger charge is 2.30. The molecule has 0 aliphatic heterocycles. The van der Waals surface area contributed by atoms with Gasteiger partial charge in [-0.05, 0) is 69.9 Å². The molecule has 0 bridgehead atoms. The Balaban J connectivity index is 2.13. The van der Waals surface area contributed by atoms with Crippen LogP contribution >= 0.6 is 0 Å². The fraction of sp³-hybridized carbons (Fsp3) is 0.500. The molecule has 208 valence electrons. The quantitative estimate of drug-likeness (QED) is 0.357. The van der Waals surface area contributed by atoms with Crippen molar-refractivity contribution in [2.75, 3.05) is 7.11 Å². The summed E-state index contributed by atoms with van der Waals surface area (Å²) in [5.41, 5.74) is 0.00447. The molecule has 2 aromatic rings. The van der Waals surface area contributed by atoms with Crippen molar-refractivity contribution in [3.05, 3.63) is 54.0 Å². The zero-order valence-corrected chi connectivity index (χ0v) is 23.1. The highest BCUT2D eigenvalue weighted by molar-refractivity contribution is 6.00. The summed E-state index contributed by atoms with van der Waals surface area (Å²) in [4.78, 5) is 51.5. The number of Topliss-reactive ketones (excluding diaryl/α,β-unsaturated/α-hetero) is 1. The summed E-state index contributed by atoms with van der Waals surface area (Å²) in [7, 11) is 1.55. The maximum atomic E-state index is 13.2. The lowest BCUT2D eigenvalue weighted by Crippen LogP contribution is -2.55. The number of ether oxygens (including phenoxy) is 2. The van der Waals surface area contributed by atoms with Gasteiger partial charge in [-0.25, -0.2) is 4.79 Å². The molecule has 1 aromatic carbocycles. The lowest BCUT2D eigenvalue weighted by atomic mass is 9.98. The van der Waals surface area contributed by atoms with E-state index in [9.17, 15) is 19.2 Å². The standard InChI is InChI=1S/C28H39N3O7/c1-17(2)15-21(24(32)23-9-8-14-37-23)30-25(33)18(3)29-26(34)22(31-27(35)38-28(4,5)6)16-19-10-12-20(36-7)13-11-19/h8-14,17-18,21-22H,15-16H2,1-7H3,(H,29,34)(H,30,33)(H,31,35). The molecule has 0 fully saturated rings. The maximum Gasteiger partial charge on any atom is 0.408 e. The van der Waals surface area contributed by atoms with Gasteiger partial charge in [0.05, 0.1) is 19.4 Å². The summed E-state index contributed by atoms with van der Waals surface area (Å²) in [5.74, 6) is -0.541. The largest absolute Gasteiger partial charge is 0.497 e. The van der Waals surface area contributed by atoms with Crippen LogP contribution in [0.4, 0.5) is 4.79 Å². The molecule has 3 atom stereocenters. The van der Waals surface area contributed by atoms with Crippen molar-refractivity contribution in [3.8, 4) is 5.75 Å². The van der Waals surface area contributed by atoms with Crippen LogP contribution < -0.4 is 20.7 Å². The number of carbonyl (C=O) groups excluding carboxylic acids is 4. The fourth-order valence-electron chi connectivity index (χ4n) is 3.63. The van der Waals surface area contributed by atoms with Gasteiger partial charge >= 0.3 is 6.09 Å². The molecule has 10 nitrogen and oxygen atoms in total. The summed E-state index contributed by atoms with van der Waals surface area (Å²) in [6, 6.07) is 7.38. The van der Waals surface area contributed by atoms with Crippen LogP contribution in [0.2, 0.25) is 0 Å². The van der Waals surface area contributed by atoms with E-state index in [0.717, 1.165) is 5.56 Å². The molecular formula is C28H39N3O7. The average molecular weight is 530 g/mol. The number of nitrogens with one attached hydrogen (secondary N) is 3. The number of hydrogen-bond acceptors (Lipinski definition) is 7. The molecule has 0 saturated carbocycles. The second-order valence-corrected chi connectivity index (χ2v) is 10.5. The van der Waals surface area contributed by atoms with E-state index in [2.05, 4.69) is 16.0 Å². The van der Waals surface area contributed by atoms with E-state index in [1.165, 1.54) is 13.2 Å². The zero-order chi connectivity index (χ0) is 28.5. The fourth-order valence-corrected chi connectivity index (χ4v) is 3.63. The molecule has 2 rings (SSSR count). The minimum absolute atomic E-state index is 0.121.